The summed E-state index contributed by atoms with van der Waals surface area (Å²) in [4.78, 5) is 16.3. The summed E-state index contributed by atoms with van der Waals surface area (Å²) in [5, 5.41) is 0. The third kappa shape index (κ3) is 3.03. The summed E-state index contributed by atoms with van der Waals surface area (Å²) in [6.07, 6.45) is 4.36. The molecule has 17 heavy (non-hydrogen) atoms. The van der Waals surface area contributed by atoms with Crippen molar-refractivity contribution < 1.29 is 9.53 Å². The van der Waals surface area contributed by atoms with Crippen molar-refractivity contribution in [1.29, 1.82) is 0 Å². The van der Waals surface area contributed by atoms with Crippen molar-refractivity contribution >= 4 is 5.78 Å². The first kappa shape index (κ1) is 13.6. The number of carbonyl (C=O) groups is 1. The van der Waals surface area contributed by atoms with Crippen LogP contribution < -0.4 is 10.5 Å². The van der Waals surface area contributed by atoms with Gasteiger partial charge in [-0.05, 0) is 25.8 Å². The monoisotopic (exact) mass is 236 g/mol. The Morgan fingerprint density at radius 2 is 2.00 bits per heavy atom. The molecule has 0 aliphatic carbocycles. The molecule has 0 fully saturated rings. The van der Waals surface area contributed by atoms with Gasteiger partial charge >= 0.3 is 0 Å². The van der Waals surface area contributed by atoms with Gasteiger partial charge in [0.25, 0.3) is 0 Å². The molecule has 4 heteroatoms. The number of hydrogen-bond donors (Lipinski definition) is 1. The molecule has 1 aromatic rings. The van der Waals surface area contributed by atoms with Gasteiger partial charge in [0, 0.05) is 11.8 Å². The summed E-state index contributed by atoms with van der Waals surface area (Å²) >= 11 is 0. The van der Waals surface area contributed by atoms with Gasteiger partial charge in [-0.15, -0.1) is 0 Å². The van der Waals surface area contributed by atoms with Crippen molar-refractivity contribution in [3.63, 3.8) is 0 Å². The normalized spacial score (nSPS) is 11.3. The van der Waals surface area contributed by atoms with Crippen LogP contribution in [0.1, 0.15) is 44.0 Å². The van der Waals surface area contributed by atoms with Crippen molar-refractivity contribution in [2.75, 3.05) is 6.61 Å². The van der Waals surface area contributed by atoms with Gasteiger partial charge in [-0.1, -0.05) is 13.8 Å². The maximum atomic E-state index is 12.3. The molecular formula is C13H20N2O2. The number of ketones is 1. The molecule has 1 heterocycles. The van der Waals surface area contributed by atoms with E-state index in [1.54, 1.807) is 12.3 Å². The predicted molar refractivity (Wildman–Crippen MR) is 67.2 cm³/mol. The molecule has 0 bridgehead atoms. The highest BCUT2D eigenvalue weighted by Crippen LogP contribution is 2.20. The van der Waals surface area contributed by atoms with E-state index in [4.69, 9.17) is 10.5 Å². The topological polar surface area (TPSA) is 65.2 Å². The molecule has 0 unspecified atom stereocenters. The molecule has 0 aliphatic heterocycles. The second-order valence-corrected chi connectivity index (χ2v) is 4.03. The first-order chi connectivity index (χ1) is 8.07. The van der Waals surface area contributed by atoms with Crippen LogP contribution in [0, 0.1) is 0 Å². The van der Waals surface area contributed by atoms with Gasteiger partial charge in [0.2, 0.25) is 0 Å². The lowest BCUT2D eigenvalue weighted by molar-refractivity contribution is 0.0878. The van der Waals surface area contributed by atoms with Crippen LogP contribution in [0.5, 0.6) is 5.75 Å². The maximum absolute atomic E-state index is 12.3. The van der Waals surface area contributed by atoms with Crippen LogP contribution in [-0.4, -0.2) is 22.9 Å². The number of carbonyl (C=O) groups excluding carboxylic acids is 1. The Morgan fingerprint density at radius 3 is 2.53 bits per heavy atom. The smallest absolute Gasteiger partial charge is 0.184 e. The Bertz CT molecular complexity index is 387. The van der Waals surface area contributed by atoms with E-state index in [0.29, 0.717) is 30.8 Å². The molecule has 94 valence electrons. The first-order valence-electron chi connectivity index (χ1n) is 5.99. The molecule has 0 saturated carbocycles. The molecule has 0 amide bonds. The Labute approximate surface area is 102 Å². The first-order valence-corrected chi connectivity index (χ1v) is 5.99. The number of pyridine rings is 1. The number of aromatic nitrogens is 1. The van der Waals surface area contributed by atoms with Gasteiger partial charge in [-0.3, -0.25) is 9.78 Å². The Hall–Kier alpha value is -1.42. The second kappa shape index (κ2) is 5.77. The van der Waals surface area contributed by atoms with Crippen LogP contribution in [0.15, 0.2) is 18.5 Å². The minimum absolute atomic E-state index is 0.0726. The predicted octanol–water partition coefficient (Wildman–Crippen LogP) is 2.18. The molecule has 0 atom stereocenters. The molecule has 1 rings (SSSR count). The van der Waals surface area contributed by atoms with Crippen LogP contribution in [0.25, 0.3) is 0 Å². The van der Waals surface area contributed by atoms with E-state index in [2.05, 4.69) is 4.98 Å². The van der Waals surface area contributed by atoms with Crippen molar-refractivity contribution in [3.8, 4) is 5.75 Å². The van der Waals surface area contributed by atoms with Gasteiger partial charge < -0.3 is 10.5 Å². The van der Waals surface area contributed by atoms with Crippen molar-refractivity contribution in [2.45, 2.75) is 39.2 Å². The minimum atomic E-state index is -0.799. The third-order valence-corrected chi connectivity index (χ3v) is 3.00. The maximum Gasteiger partial charge on any atom is 0.184 e. The largest absolute Gasteiger partial charge is 0.492 e. The van der Waals surface area contributed by atoms with E-state index >= 15 is 0 Å². The van der Waals surface area contributed by atoms with E-state index in [-0.39, 0.29) is 5.78 Å². The summed E-state index contributed by atoms with van der Waals surface area (Å²) < 4.78 is 5.32. The lowest BCUT2D eigenvalue weighted by atomic mass is 9.86. The average Bonchev–Trinajstić information content (AvgIpc) is 2.37. The summed E-state index contributed by atoms with van der Waals surface area (Å²) in [7, 11) is 0. The number of nitrogens with zero attached hydrogens (tertiary/aromatic N) is 1. The van der Waals surface area contributed by atoms with E-state index in [1.807, 2.05) is 20.8 Å². The molecule has 0 spiro atoms. The lowest BCUT2D eigenvalue weighted by Crippen LogP contribution is -2.46. The molecule has 0 saturated heterocycles. The molecule has 4 nitrogen and oxygen atoms in total. The molecule has 0 aliphatic rings. The van der Waals surface area contributed by atoms with E-state index in [0.717, 1.165) is 0 Å². The fourth-order valence-electron chi connectivity index (χ4n) is 1.65. The second-order valence-electron chi connectivity index (χ2n) is 4.03. The zero-order chi connectivity index (χ0) is 12.9. The Kier molecular flexibility index (Phi) is 4.63. The van der Waals surface area contributed by atoms with Gasteiger partial charge in [-0.25, -0.2) is 0 Å². The van der Waals surface area contributed by atoms with Crippen LogP contribution in [0.3, 0.4) is 0 Å². The summed E-state index contributed by atoms with van der Waals surface area (Å²) in [5.74, 6) is 0.532. The fraction of sp³-hybridized carbons (Fsp3) is 0.538. The molecule has 2 N–H and O–H groups in total. The van der Waals surface area contributed by atoms with Gasteiger partial charge in [-0.2, -0.15) is 0 Å². The zero-order valence-electron chi connectivity index (χ0n) is 10.7. The summed E-state index contributed by atoms with van der Waals surface area (Å²) in [5.41, 5.74) is 5.79. The number of hydrogen-bond acceptors (Lipinski definition) is 4. The van der Waals surface area contributed by atoms with Gasteiger partial charge in [0.05, 0.1) is 18.3 Å². The highest BCUT2D eigenvalue weighted by Gasteiger charge is 2.31. The van der Waals surface area contributed by atoms with Crippen LogP contribution in [0.2, 0.25) is 0 Å². The van der Waals surface area contributed by atoms with Crippen molar-refractivity contribution in [3.05, 3.63) is 24.0 Å². The van der Waals surface area contributed by atoms with E-state index in [9.17, 15) is 4.79 Å². The zero-order valence-corrected chi connectivity index (χ0v) is 10.7. The molecule has 1 aromatic heterocycles. The average molecular weight is 236 g/mol. The number of Topliss-reactive ketones (excluding diaryl/α,β-unsaturated/α-hetero) is 1. The lowest BCUT2D eigenvalue weighted by Gasteiger charge is -2.24. The quantitative estimate of drug-likeness (QED) is 0.769. The third-order valence-electron chi connectivity index (χ3n) is 3.00. The van der Waals surface area contributed by atoms with Crippen LogP contribution in [-0.2, 0) is 0 Å². The highest BCUT2D eigenvalue weighted by atomic mass is 16.5. The van der Waals surface area contributed by atoms with E-state index in [1.165, 1.54) is 6.20 Å². The summed E-state index contributed by atoms with van der Waals surface area (Å²) in [6.45, 7) is 6.27. The van der Waals surface area contributed by atoms with Crippen LogP contribution in [0.4, 0.5) is 0 Å². The SMILES string of the molecule is CCOc1cncc(C(=O)C(N)(CC)CC)c1. The van der Waals surface area contributed by atoms with Crippen molar-refractivity contribution in [2.24, 2.45) is 5.73 Å². The molecular weight excluding hydrogens is 216 g/mol. The number of ether oxygens (including phenoxy) is 1. The molecule has 0 aromatic carbocycles. The van der Waals surface area contributed by atoms with Gasteiger partial charge in [0.1, 0.15) is 5.75 Å². The van der Waals surface area contributed by atoms with Crippen LogP contribution >= 0.6 is 0 Å². The number of nitrogens with two attached hydrogens (primary N) is 1. The van der Waals surface area contributed by atoms with E-state index < -0.39 is 5.54 Å². The Morgan fingerprint density at radius 1 is 1.35 bits per heavy atom. The number of rotatable bonds is 6. The highest BCUT2D eigenvalue weighted by molar-refractivity contribution is 6.03. The summed E-state index contributed by atoms with van der Waals surface area (Å²) in [6, 6.07) is 1.70. The van der Waals surface area contributed by atoms with Crippen molar-refractivity contribution in [1.82, 2.24) is 4.98 Å². The standard InChI is InChI=1S/C13H20N2O2/c1-4-13(14,5-2)12(16)10-7-11(17-6-3)9-15-8-10/h7-9H,4-6,14H2,1-3H3. The molecule has 0 radical (unpaired) electrons. The van der Waals surface area contributed by atoms with Gasteiger partial charge in [0.15, 0.2) is 5.78 Å². The Balaban J connectivity index is 2.99. The fourth-order valence-corrected chi connectivity index (χ4v) is 1.65. The minimum Gasteiger partial charge on any atom is -0.492 e.